The summed E-state index contributed by atoms with van der Waals surface area (Å²) in [4.78, 5) is 2.85. The zero-order valence-electron chi connectivity index (χ0n) is 13.9. The summed E-state index contributed by atoms with van der Waals surface area (Å²) in [7, 11) is 0. The molecule has 2 aromatic heterocycles. The molecular weight excluding hydrogens is 346 g/mol. The fourth-order valence-electron chi connectivity index (χ4n) is 2.52. The standard InChI is InChI=1S/C18H11N7S/c1-10-5-3-4-6-12(10)16-14(8-20)15(9-21)22-17(16)23-24-18-13(7-19)11(2)25-26-18/h3-6,22H,1-2H3. The molecule has 0 amide bonds. The number of rotatable bonds is 3. The summed E-state index contributed by atoms with van der Waals surface area (Å²) in [6, 6.07) is 13.6. The number of H-pyrrole nitrogens is 1. The minimum atomic E-state index is 0.126. The highest BCUT2D eigenvalue weighted by molar-refractivity contribution is 7.10. The third-order valence-electron chi connectivity index (χ3n) is 3.82. The molecule has 0 saturated heterocycles. The predicted octanol–water partition coefficient (Wildman–Crippen LogP) is 4.79. The van der Waals surface area contributed by atoms with Gasteiger partial charge in [-0.05, 0) is 36.5 Å². The van der Waals surface area contributed by atoms with Crippen molar-refractivity contribution in [1.29, 1.82) is 15.8 Å². The molecule has 0 fully saturated rings. The van der Waals surface area contributed by atoms with E-state index in [1.165, 1.54) is 0 Å². The molecule has 0 aliphatic heterocycles. The van der Waals surface area contributed by atoms with Crippen LogP contribution in [-0.4, -0.2) is 9.36 Å². The van der Waals surface area contributed by atoms with Crippen molar-refractivity contribution in [2.45, 2.75) is 13.8 Å². The summed E-state index contributed by atoms with van der Waals surface area (Å²) >= 11 is 1.07. The Bertz CT molecular complexity index is 1150. The Labute approximate surface area is 153 Å². The van der Waals surface area contributed by atoms with E-state index in [-0.39, 0.29) is 11.3 Å². The van der Waals surface area contributed by atoms with E-state index >= 15 is 0 Å². The van der Waals surface area contributed by atoms with E-state index in [4.69, 9.17) is 0 Å². The number of nitrogens with zero attached hydrogens (tertiary/aromatic N) is 6. The lowest BCUT2D eigenvalue weighted by Gasteiger charge is -2.04. The van der Waals surface area contributed by atoms with Gasteiger partial charge >= 0.3 is 0 Å². The summed E-state index contributed by atoms with van der Waals surface area (Å²) in [5.74, 6) is 0.294. The molecule has 0 radical (unpaired) electrons. The molecule has 0 spiro atoms. The molecule has 0 atom stereocenters. The Morgan fingerprint density at radius 1 is 1.00 bits per heavy atom. The quantitative estimate of drug-likeness (QED) is 0.677. The second-order valence-electron chi connectivity index (χ2n) is 5.40. The van der Waals surface area contributed by atoms with Crippen LogP contribution in [0, 0.1) is 47.8 Å². The van der Waals surface area contributed by atoms with Crippen LogP contribution < -0.4 is 0 Å². The molecule has 124 valence electrons. The fraction of sp³-hybridized carbons (Fsp3) is 0.111. The predicted molar refractivity (Wildman–Crippen MR) is 96.1 cm³/mol. The second-order valence-corrected chi connectivity index (χ2v) is 6.15. The van der Waals surface area contributed by atoms with Crippen molar-refractivity contribution in [3.63, 3.8) is 0 Å². The van der Waals surface area contributed by atoms with E-state index in [2.05, 4.69) is 31.7 Å². The van der Waals surface area contributed by atoms with Gasteiger partial charge in [0.1, 0.15) is 29.5 Å². The van der Waals surface area contributed by atoms with Gasteiger partial charge in [0.05, 0.1) is 11.3 Å². The summed E-state index contributed by atoms with van der Waals surface area (Å²) in [5.41, 5.74) is 3.55. The van der Waals surface area contributed by atoms with Crippen molar-refractivity contribution in [3.05, 3.63) is 52.3 Å². The zero-order valence-corrected chi connectivity index (χ0v) is 14.7. The van der Waals surface area contributed by atoms with Crippen LogP contribution in [0.3, 0.4) is 0 Å². The number of hydrogen-bond donors (Lipinski definition) is 1. The summed E-state index contributed by atoms with van der Waals surface area (Å²) in [6.07, 6.45) is 0. The first-order valence-corrected chi connectivity index (χ1v) is 8.28. The molecule has 8 heteroatoms. The summed E-state index contributed by atoms with van der Waals surface area (Å²) in [5, 5.41) is 36.7. The smallest absolute Gasteiger partial charge is 0.176 e. The SMILES string of the molecule is Cc1ccccc1-c1c(N=Nc2snc(C)c2C#N)[nH]c(C#N)c1C#N. The minimum absolute atomic E-state index is 0.126. The van der Waals surface area contributed by atoms with Gasteiger partial charge in [-0.25, -0.2) is 0 Å². The number of nitrogens with one attached hydrogen (secondary N) is 1. The monoisotopic (exact) mass is 357 g/mol. The average Bonchev–Trinajstić information content (AvgIpc) is 3.19. The van der Waals surface area contributed by atoms with E-state index < -0.39 is 0 Å². The molecule has 0 saturated carbocycles. The van der Waals surface area contributed by atoms with Gasteiger partial charge in [0.25, 0.3) is 0 Å². The number of nitriles is 3. The highest BCUT2D eigenvalue weighted by Gasteiger charge is 2.20. The molecule has 3 rings (SSSR count). The van der Waals surface area contributed by atoms with Gasteiger partial charge in [0.15, 0.2) is 10.8 Å². The van der Waals surface area contributed by atoms with Crippen molar-refractivity contribution >= 4 is 22.4 Å². The third-order valence-corrected chi connectivity index (χ3v) is 4.64. The first kappa shape index (κ1) is 17.0. The minimum Gasteiger partial charge on any atom is -0.328 e. The van der Waals surface area contributed by atoms with Gasteiger partial charge in [0, 0.05) is 5.56 Å². The van der Waals surface area contributed by atoms with Crippen molar-refractivity contribution in [3.8, 4) is 29.3 Å². The molecule has 7 nitrogen and oxygen atoms in total. The number of azo groups is 1. The normalized spacial score (nSPS) is 10.4. The molecule has 3 aromatic rings. The third kappa shape index (κ3) is 2.84. The highest BCUT2D eigenvalue weighted by Crippen LogP contribution is 2.38. The molecule has 0 aliphatic carbocycles. The van der Waals surface area contributed by atoms with Crippen LogP contribution in [-0.2, 0) is 0 Å². The molecule has 1 N–H and O–H groups in total. The second kappa shape index (κ2) is 6.98. The average molecular weight is 357 g/mol. The molecule has 0 aliphatic rings. The Hall–Kier alpha value is -3.80. The lowest BCUT2D eigenvalue weighted by molar-refractivity contribution is 1.18. The molecule has 26 heavy (non-hydrogen) atoms. The first-order valence-electron chi connectivity index (χ1n) is 7.51. The van der Waals surface area contributed by atoms with E-state index in [0.29, 0.717) is 27.6 Å². The Kier molecular flexibility index (Phi) is 4.57. The van der Waals surface area contributed by atoms with Crippen molar-refractivity contribution in [2.75, 3.05) is 0 Å². The van der Waals surface area contributed by atoms with E-state index in [1.54, 1.807) is 6.92 Å². The van der Waals surface area contributed by atoms with Gasteiger partial charge in [-0.3, -0.25) is 0 Å². The van der Waals surface area contributed by atoms with Crippen LogP contribution in [0.2, 0.25) is 0 Å². The van der Waals surface area contributed by atoms with E-state index in [1.807, 2.05) is 37.3 Å². The number of aryl methyl sites for hydroxylation is 2. The number of benzene rings is 1. The molecule has 0 unspecified atom stereocenters. The number of hydrogen-bond acceptors (Lipinski definition) is 7. The van der Waals surface area contributed by atoms with Crippen LogP contribution in [0.5, 0.6) is 0 Å². The highest BCUT2D eigenvalue weighted by atomic mass is 32.1. The van der Waals surface area contributed by atoms with Gasteiger partial charge in [-0.15, -0.1) is 10.2 Å². The first-order chi connectivity index (χ1) is 12.6. The number of aromatic nitrogens is 2. The van der Waals surface area contributed by atoms with Crippen LogP contribution in [0.4, 0.5) is 10.8 Å². The van der Waals surface area contributed by atoms with Crippen molar-refractivity contribution in [1.82, 2.24) is 9.36 Å². The lowest BCUT2D eigenvalue weighted by atomic mass is 9.98. The Morgan fingerprint density at radius 3 is 2.38 bits per heavy atom. The summed E-state index contributed by atoms with van der Waals surface area (Å²) in [6.45, 7) is 3.64. The molecule has 1 aromatic carbocycles. The van der Waals surface area contributed by atoms with Crippen LogP contribution in [0.15, 0.2) is 34.5 Å². The topological polar surface area (TPSA) is 125 Å². The van der Waals surface area contributed by atoms with Gasteiger partial charge in [-0.1, -0.05) is 24.3 Å². The van der Waals surface area contributed by atoms with Gasteiger partial charge < -0.3 is 4.98 Å². The Morgan fingerprint density at radius 2 is 1.73 bits per heavy atom. The maximum absolute atomic E-state index is 9.52. The van der Waals surface area contributed by atoms with E-state index in [0.717, 1.165) is 22.7 Å². The maximum Gasteiger partial charge on any atom is 0.176 e. The van der Waals surface area contributed by atoms with Crippen molar-refractivity contribution < 1.29 is 0 Å². The zero-order chi connectivity index (χ0) is 18.7. The van der Waals surface area contributed by atoms with Gasteiger partial charge in [0.2, 0.25) is 0 Å². The Balaban J connectivity index is 2.20. The molecule has 0 bridgehead atoms. The number of aromatic amines is 1. The van der Waals surface area contributed by atoms with Crippen LogP contribution in [0.1, 0.15) is 28.1 Å². The lowest BCUT2D eigenvalue weighted by Crippen LogP contribution is -1.85. The van der Waals surface area contributed by atoms with Gasteiger partial charge in [-0.2, -0.15) is 20.2 Å². The summed E-state index contributed by atoms with van der Waals surface area (Å²) < 4.78 is 4.10. The van der Waals surface area contributed by atoms with Crippen LogP contribution in [0.25, 0.3) is 11.1 Å². The van der Waals surface area contributed by atoms with Crippen molar-refractivity contribution in [2.24, 2.45) is 10.2 Å². The molecular formula is C18H11N7S. The van der Waals surface area contributed by atoms with E-state index in [9.17, 15) is 15.8 Å². The molecule has 2 heterocycles. The maximum atomic E-state index is 9.52. The largest absolute Gasteiger partial charge is 0.328 e. The van der Waals surface area contributed by atoms with Crippen LogP contribution >= 0.6 is 11.5 Å². The fourth-order valence-corrected chi connectivity index (χ4v) is 3.20.